The van der Waals surface area contributed by atoms with E-state index in [2.05, 4.69) is 47.1 Å². The van der Waals surface area contributed by atoms with Gasteiger partial charge in [0.05, 0.1) is 16.8 Å². The first kappa shape index (κ1) is 19.0. The number of hydrogen-bond donors (Lipinski definition) is 1. The Morgan fingerprint density at radius 2 is 1.96 bits per heavy atom. The summed E-state index contributed by atoms with van der Waals surface area (Å²) in [6.45, 7) is 8.16. The monoisotopic (exact) mass is 374 g/mol. The third-order valence-electron chi connectivity index (χ3n) is 4.68. The van der Waals surface area contributed by atoms with Crippen molar-refractivity contribution in [2.45, 2.75) is 32.5 Å². The first-order valence-electron chi connectivity index (χ1n) is 9.16. The molecule has 1 heterocycles. The molecule has 4 nitrogen and oxygen atoms in total. The Kier molecular flexibility index (Phi) is 6.41. The fourth-order valence-electron chi connectivity index (χ4n) is 3.40. The molecule has 0 radical (unpaired) electrons. The van der Waals surface area contributed by atoms with Crippen molar-refractivity contribution in [2.75, 3.05) is 31.1 Å². The molecule has 0 aromatic heterocycles. The number of piperazine rings is 1. The fourth-order valence-corrected chi connectivity index (χ4v) is 3.68. The van der Waals surface area contributed by atoms with Gasteiger partial charge in [-0.05, 0) is 31.5 Å². The number of aliphatic hydroxyl groups excluding tert-OH is 1. The van der Waals surface area contributed by atoms with Crippen LogP contribution in [0.2, 0.25) is 5.02 Å². The van der Waals surface area contributed by atoms with E-state index in [-0.39, 0.29) is 6.61 Å². The highest BCUT2D eigenvalue weighted by molar-refractivity contribution is 6.33. The molecule has 0 aliphatic carbocycles. The van der Waals surface area contributed by atoms with Gasteiger partial charge in [0.1, 0.15) is 12.4 Å². The van der Waals surface area contributed by atoms with Crippen molar-refractivity contribution in [1.29, 1.82) is 0 Å². The van der Waals surface area contributed by atoms with Crippen LogP contribution in [0.4, 0.5) is 5.69 Å². The zero-order chi connectivity index (χ0) is 18.5. The Bertz CT molecular complexity index is 708. The maximum Gasteiger partial charge on any atom is 0.121 e. The minimum absolute atomic E-state index is 0.268. The summed E-state index contributed by atoms with van der Waals surface area (Å²) in [6.07, 6.45) is -0.494. The van der Waals surface area contributed by atoms with Gasteiger partial charge in [-0.25, -0.2) is 0 Å². The van der Waals surface area contributed by atoms with Crippen LogP contribution < -0.4 is 9.64 Å². The van der Waals surface area contributed by atoms with Gasteiger partial charge in [0.25, 0.3) is 0 Å². The van der Waals surface area contributed by atoms with Crippen LogP contribution in [0.3, 0.4) is 0 Å². The molecule has 1 aliphatic heterocycles. The Labute approximate surface area is 160 Å². The molecule has 0 spiro atoms. The van der Waals surface area contributed by atoms with E-state index in [4.69, 9.17) is 16.3 Å². The molecule has 1 fully saturated rings. The molecule has 140 valence electrons. The minimum Gasteiger partial charge on any atom is -0.491 e. The lowest BCUT2D eigenvalue weighted by Crippen LogP contribution is -2.51. The number of benzene rings is 2. The van der Waals surface area contributed by atoms with E-state index >= 15 is 0 Å². The lowest BCUT2D eigenvalue weighted by atomic mass is 10.1. The van der Waals surface area contributed by atoms with Crippen LogP contribution in [0.15, 0.2) is 48.5 Å². The van der Waals surface area contributed by atoms with Crippen LogP contribution in [0, 0.1) is 0 Å². The summed E-state index contributed by atoms with van der Waals surface area (Å²) in [5, 5.41) is 10.0. The number of aliphatic hydroxyl groups is 1. The molecule has 3 rings (SSSR count). The van der Waals surface area contributed by atoms with Crippen LogP contribution in [-0.4, -0.2) is 48.4 Å². The van der Waals surface area contributed by atoms with Crippen molar-refractivity contribution < 1.29 is 9.84 Å². The zero-order valence-electron chi connectivity index (χ0n) is 15.4. The molecule has 2 aromatic rings. The lowest BCUT2D eigenvalue weighted by Gasteiger charge is -2.41. The van der Waals surface area contributed by atoms with E-state index in [1.807, 2.05) is 18.2 Å². The average Bonchev–Trinajstić information content (AvgIpc) is 2.62. The molecular weight excluding hydrogens is 348 g/mol. The second-order valence-corrected chi connectivity index (χ2v) is 7.44. The van der Waals surface area contributed by atoms with Crippen molar-refractivity contribution in [3.63, 3.8) is 0 Å². The zero-order valence-corrected chi connectivity index (χ0v) is 16.2. The molecule has 0 saturated carbocycles. The van der Waals surface area contributed by atoms with Crippen molar-refractivity contribution >= 4 is 17.3 Å². The van der Waals surface area contributed by atoms with E-state index in [0.29, 0.717) is 16.8 Å². The Balaban J connectivity index is 1.62. The maximum absolute atomic E-state index is 9.34. The van der Waals surface area contributed by atoms with Gasteiger partial charge in [0, 0.05) is 38.3 Å². The standard InChI is InChI=1S/C21H27ClN2O2/c1-16-13-23(14-18-6-4-3-5-7-18)10-11-24(16)21-9-8-19(12-20(21)22)26-15-17(2)25/h3-9,12,16-17,25H,10-11,13-15H2,1-2H3/t16-,17+/m1/s1. The van der Waals surface area contributed by atoms with E-state index in [9.17, 15) is 5.11 Å². The molecule has 2 aromatic carbocycles. The number of ether oxygens (including phenoxy) is 1. The van der Waals surface area contributed by atoms with Gasteiger partial charge in [-0.15, -0.1) is 0 Å². The quantitative estimate of drug-likeness (QED) is 0.834. The summed E-state index contributed by atoms with van der Waals surface area (Å²) in [5.74, 6) is 0.690. The largest absolute Gasteiger partial charge is 0.491 e. The summed E-state index contributed by atoms with van der Waals surface area (Å²) < 4.78 is 5.54. The molecule has 26 heavy (non-hydrogen) atoms. The molecule has 0 unspecified atom stereocenters. The maximum atomic E-state index is 9.34. The van der Waals surface area contributed by atoms with Gasteiger partial charge in [0.2, 0.25) is 0 Å². The minimum atomic E-state index is -0.494. The molecule has 1 saturated heterocycles. The third kappa shape index (κ3) is 4.91. The molecule has 5 heteroatoms. The first-order valence-corrected chi connectivity index (χ1v) is 9.54. The average molecular weight is 375 g/mol. The van der Waals surface area contributed by atoms with Crippen LogP contribution in [0.5, 0.6) is 5.75 Å². The van der Waals surface area contributed by atoms with Crippen molar-refractivity contribution in [3.8, 4) is 5.75 Å². The summed E-state index contributed by atoms with van der Waals surface area (Å²) >= 11 is 6.51. The predicted molar refractivity (Wildman–Crippen MR) is 107 cm³/mol. The van der Waals surface area contributed by atoms with Crippen LogP contribution in [-0.2, 0) is 6.54 Å². The van der Waals surface area contributed by atoms with Gasteiger partial charge in [-0.2, -0.15) is 0 Å². The van der Waals surface area contributed by atoms with E-state index < -0.39 is 6.10 Å². The van der Waals surface area contributed by atoms with Gasteiger partial charge in [-0.1, -0.05) is 41.9 Å². The molecule has 0 amide bonds. The normalized spacial score (nSPS) is 19.4. The number of anilines is 1. The summed E-state index contributed by atoms with van der Waals surface area (Å²) in [6, 6.07) is 16.8. The third-order valence-corrected chi connectivity index (χ3v) is 4.98. The molecule has 2 atom stereocenters. The second kappa shape index (κ2) is 8.76. The number of rotatable bonds is 6. The van der Waals surface area contributed by atoms with E-state index in [1.165, 1.54) is 5.56 Å². The number of hydrogen-bond acceptors (Lipinski definition) is 4. The molecular formula is C21H27ClN2O2. The van der Waals surface area contributed by atoms with Crippen molar-refractivity contribution in [2.24, 2.45) is 0 Å². The highest BCUT2D eigenvalue weighted by Crippen LogP contribution is 2.32. The van der Waals surface area contributed by atoms with Crippen LogP contribution in [0.1, 0.15) is 19.4 Å². The molecule has 0 bridgehead atoms. The summed E-state index contributed by atoms with van der Waals surface area (Å²) in [4.78, 5) is 4.85. The van der Waals surface area contributed by atoms with Gasteiger partial charge in [0.15, 0.2) is 0 Å². The van der Waals surface area contributed by atoms with Crippen molar-refractivity contribution in [1.82, 2.24) is 4.90 Å². The predicted octanol–water partition coefficient (Wildman–Crippen LogP) is 3.81. The van der Waals surface area contributed by atoms with Gasteiger partial charge < -0.3 is 14.7 Å². The van der Waals surface area contributed by atoms with E-state index in [0.717, 1.165) is 31.9 Å². The first-order chi connectivity index (χ1) is 12.5. The van der Waals surface area contributed by atoms with Gasteiger partial charge >= 0.3 is 0 Å². The highest BCUT2D eigenvalue weighted by Gasteiger charge is 2.25. The SMILES string of the molecule is C[C@H](O)COc1ccc(N2CCN(Cc3ccccc3)C[C@H]2C)c(Cl)c1. The second-order valence-electron chi connectivity index (χ2n) is 7.04. The fraction of sp³-hybridized carbons (Fsp3) is 0.429. The summed E-state index contributed by atoms with van der Waals surface area (Å²) in [7, 11) is 0. The Hall–Kier alpha value is -1.75. The Morgan fingerprint density at radius 1 is 1.19 bits per heavy atom. The smallest absolute Gasteiger partial charge is 0.121 e. The lowest BCUT2D eigenvalue weighted by molar-refractivity contribution is 0.123. The Morgan fingerprint density at radius 3 is 2.62 bits per heavy atom. The van der Waals surface area contributed by atoms with E-state index in [1.54, 1.807) is 6.92 Å². The molecule has 1 aliphatic rings. The van der Waals surface area contributed by atoms with Crippen LogP contribution in [0.25, 0.3) is 0 Å². The number of halogens is 1. The topological polar surface area (TPSA) is 35.9 Å². The summed E-state index contributed by atoms with van der Waals surface area (Å²) in [5.41, 5.74) is 2.40. The highest BCUT2D eigenvalue weighted by atomic mass is 35.5. The number of nitrogens with zero attached hydrogens (tertiary/aromatic N) is 2. The van der Waals surface area contributed by atoms with Crippen LogP contribution >= 0.6 is 11.6 Å². The molecule has 1 N–H and O–H groups in total. The van der Waals surface area contributed by atoms with Gasteiger partial charge in [-0.3, -0.25) is 4.90 Å². The van der Waals surface area contributed by atoms with Crippen molar-refractivity contribution in [3.05, 3.63) is 59.1 Å².